The summed E-state index contributed by atoms with van der Waals surface area (Å²) >= 11 is 0. The second kappa shape index (κ2) is 10.3. The van der Waals surface area contributed by atoms with E-state index >= 15 is 0 Å². The largest absolute Gasteiger partial charge is 0.334 e. The molecular formula is C30H32N4O. The molecule has 3 aromatic carbocycles. The van der Waals surface area contributed by atoms with Crippen LogP contribution in [0.2, 0.25) is 0 Å². The molecule has 2 heterocycles. The van der Waals surface area contributed by atoms with E-state index < -0.39 is 0 Å². The highest BCUT2D eigenvalue weighted by Crippen LogP contribution is 2.32. The van der Waals surface area contributed by atoms with Crippen LogP contribution in [-0.2, 0) is 0 Å². The highest BCUT2D eigenvalue weighted by molar-refractivity contribution is 6.00. The van der Waals surface area contributed by atoms with Crippen LogP contribution in [0.1, 0.15) is 36.1 Å². The molecule has 0 radical (unpaired) electrons. The van der Waals surface area contributed by atoms with Gasteiger partial charge in [0.15, 0.2) is 0 Å². The third-order valence-electron chi connectivity index (χ3n) is 7.02. The number of para-hydroxylation sites is 1. The van der Waals surface area contributed by atoms with E-state index in [1.165, 1.54) is 11.1 Å². The molecule has 5 nitrogen and oxygen atoms in total. The molecule has 2 atom stereocenters. The van der Waals surface area contributed by atoms with E-state index in [-0.39, 0.29) is 18.0 Å². The van der Waals surface area contributed by atoms with Crippen LogP contribution in [-0.4, -0.2) is 41.1 Å². The number of aryl methyl sites for hydroxylation is 1. The smallest absolute Gasteiger partial charge is 0.319 e. The number of likely N-dealkylation sites (tertiary alicyclic amines) is 1. The summed E-state index contributed by atoms with van der Waals surface area (Å²) in [6.07, 6.45) is 0.935. The monoisotopic (exact) mass is 464 g/mol. The Balaban J connectivity index is 1.27. The van der Waals surface area contributed by atoms with Crippen molar-refractivity contribution < 1.29 is 4.79 Å². The molecule has 2 N–H and O–H groups in total. The molecular weight excluding hydrogens is 432 g/mol. The van der Waals surface area contributed by atoms with Crippen LogP contribution in [0, 0.1) is 6.92 Å². The minimum atomic E-state index is -0.164. The summed E-state index contributed by atoms with van der Waals surface area (Å²) in [6.45, 7) is 6.04. The molecule has 4 aromatic rings. The number of urea groups is 1. The van der Waals surface area contributed by atoms with Crippen molar-refractivity contribution >= 4 is 22.6 Å². The van der Waals surface area contributed by atoms with Gasteiger partial charge in [-0.1, -0.05) is 78.9 Å². The molecule has 5 heteroatoms. The van der Waals surface area contributed by atoms with Crippen LogP contribution in [0.25, 0.3) is 10.9 Å². The molecule has 0 bridgehead atoms. The fourth-order valence-electron chi connectivity index (χ4n) is 5.31. The van der Waals surface area contributed by atoms with E-state index in [2.05, 4.69) is 88.1 Å². The number of pyridine rings is 1. The molecule has 0 spiro atoms. The summed E-state index contributed by atoms with van der Waals surface area (Å²) in [5, 5.41) is 7.21. The quantitative estimate of drug-likeness (QED) is 0.370. The Morgan fingerprint density at radius 3 is 2.26 bits per heavy atom. The Kier molecular flexibility index (Phi) is 6.77. The third kappa shape index (κ3) is 5.20. The molecule has 1 unspecified atom stereocenters. The fraction of sp³-hybridized carbons (Fsp3) is 0.267. The number of nitrogens with one attached hydrogen (secondary N) is 2. The zero-order valence-corrected chi connectivity index (χ0v) is 20.3. The predicted octanol–water partition coefficient (Wildman–Crippen LogP) is 5.96. The number of hydrogen-bond acceptors (Lipinski definition) is 3. The lowest BCUT2D eigenvalue weighted by atomic mass is 9.85. The first-order valence-corrected chi connectivity index (χ1v) is 12.4. The number of rotatable bonds is 6. The summed E-state index contributed by atoms with van der Waals surface area (Å²) in [4.78, 5) is 20.0. The van der Waals surface area contributed by atoms with Crippen LogP contribution in [0.15, 0.2) is 91.0 Å². The number of anilines is 1. The second-order valence-corrected chi connectivity index (χ2v) is 9.45. The Morgan fingerprint density at radius 1 is 0.943 bits per heavy atom. The Bertz CT molecular complexity index is 1250. The SMILES string of the molecule is Cc1cc(NC(=O)N[C@H]2CCN(C(C)C(c3ccccc3)c3ccccc3)C2)c2ccccc2n1. The number of nitrogens with zero attached hydrogens (tertiary/aromatic N) is 2. The highest BCUT2D eigenvalue weighted by atomic mass is 16.2. The van der Waals surface area contributed by atoms with Gasteiger partial charge in [-0.3, -0.25) is 9.88 Å². The summed E-state index contributed by atoms with van der Waals surface area (Å²) in [6, 6.07) is 31.5. The summed E-state index contributed by atoms with van der Waals surface area (Å²) < 4.78 is 0. The second-order valence-electron chi connectivity index (χ2n) is 9.45. The molecule has 1 aromatic heterocycles. The van der Waals surface area contributed by atoms with Crippen molar-refractivity contribution in [2.45, 2.75) is 38.3 Å². The van der Waals surface area contributed by atoms with Crippen molar-refractivity contribution in [2.75, 3.05) is 18.4 Å². The van der Waals surface area contributed by atoms with Crippen LogP contribution in [0.4, 0.5) is 10.5 Å². The number of amides is 2. The zero-order chi connectivity index (χ0) is 24.2. The van der Waals surface area contributed by atoms with Gasteiger partial charge in [0.25, 0.3) is 0 Å². The lowest BCUT2D eigenvalue weighted by Crippen LogP contribution is -2.42. The normalized spacial score (nSPS) is 16.9. The molecule has 1 aliphatic rings. The minimum Gasteiger partial charge on any atom is -0.334 e. The van der Waals surface area contributed by atoms with Crippen LogP contribution < -0.4 is 10.6 Å². The number of carbonyl (C=O) groups is 1. The van der Waals surface area contributed by atoms with E-state index in [9.17, 15) is 4.79 Å². The fourth-order valence-corrected chi connectivity index (χ4v) is 5.31. The van der Waals surface area contributed by atoms with Gasteiger partial charge in [0.05, 0.1) is 11.2 Å². The van der Waals surface area contributed by atoms with Crippen molar-refractivity contribution in [1.29, 1.82) is 0 Å². The van der Waals surface area contributed by atoms with Gasteiger partial charge in [0, 0.05) is 42.2 Å². The standard InChI is InChI=1S/C30H32N4O/c1-21-19-28(26-15-9-10-16-27(26)31-21)33-30(35)32-25-17-18-34(20-25)22(2)29(23-11-5-3-6-12-23)24-13-7-4-8-14-24/h3-16,19,22,25,29H,17-18,20H2,1-2H3,(H2,31,32,33,35)/t22?,25-/m0/s1. The maximum Gasteiger partial charge on any atom is 0.319 e. The van der Waals surface area contributed by atoms with E-state index in [1.54, 1.807) is 0 Å². The lowest BCUT2D eigenvalue weighted by Gasteiger charge is -2.33. The van der Waals surface area contributed by atoms with E-state index in [0.717, 1.165) is 41.8 Å². The maximum absolute atomic E-state index is 12.9. The van der Waals surface area contributed by atoms with Gasteiger partial charge in [-0.15, -0.1) is 0 Å². The van der Waals surface area contributed by atoms with Gasteiger partial charge in [0.2, 0.25) is 0 Å². The molecule has 5 rings (SSSR count). The number of benzene rings is 3. The topological polar surface area (TPSA) is 57.3 Å². The summed E-state index contributed by atoms with van der Waals surface area (Å²) in [5.74, 6) is 0.274. The molecule has 1 aliphatic heterocycles. The van der Waals surface area contributed by atoms with Crippen LogP contribution in [0.3, 0.4) is 0 Å². The summed E-state index contributed by atoms with van der Waals surface area (Å²) in [7, 11) is 0. The average Bonchev–Trinajstić information content (AvgIpc) is 3.34. The van der Waals surface area contributed by atoms with Gasteiger partial charge in [-0.25, -0.2) is 4.79 Å². The molecule has 1 saturated heterocycles. The van der Waals surface area contributed by atoms with E-state index in [1.807, 2.05) is 37.3 Å². The Hall–Kier alpha value is -3.70. The van der Waals surface area contributed by atoms with Crippen molar-refractivity contribution in [1.82, 2.24) is 15.2 Å². The van der Waals surface area contributed by atoms with Gasteiger partial charge in [0.1, 0.15) is 0 Å². The summed E-state index contributed by atoms with van der Waals surface area (Å²) in [5.41, 5.74) is 5.20. The minimum absolute atomic E-state index is 0.110. The lowest BCUT2D eigenvalue weighted by molar-refractivity contribution is 0.229. The van der Waals surface area contributed by atoms with Crippen LogP contribution in [0.5, 0.6) is 0 Å². The Labute approximate surface area is 207 Å². The number of carbonyl (C=O) groups excluding carboxylic acids is 1. The number of aromatic nitrogens is 1. The van der Waals surface area contributed by atoms with E-state index in [4.69, 9.17) is 0 Å². The van der Waals surface area contributed by atoms with Gasteiger partial charge in [-0.2, -0.15) is 0 Å². The molecule has 1 fully saturated rings. The zero-order valence-electron chi connectivity index (χ0n) is 20.3. The molecule has 0 aliphatic carbocycles. The third-order valence-corrected chi connectivity index (χ3v) is 7.02. The molecule has 2 amide bonds. The first kappa shape index (κ1) is 23.1. The Morgan fingerprint density at radius 2 is 1.57 bits per heavy atom. The van der Waals surface area contributed by atoms with Gasteiger partial charge >= 0.3 is 6.03 Å². The van der Waals surface area contributed by atoms with Crippen molar-refractivity contribution in [3.63, 3.8) is 0 Å². The predicted molar refractivity (Wildman–Crippen MR) is 143 cm³/mol. The first-order chi connectivity index (χ1) is 17.1. The van der Waals surface area contributed by atoms with Crippen LogP contribution >= 0.6 is 0 Å². The van der Waals surface area contributed by atoms with E-state index in [0.29, 0.717) is 6.04 Å². The number of hydrogen-bond donors (Lipinski definition) is 2. The van der Waals surface area contributed by atoms with Crippen molar-refractivity contribution in [3.8, 4) is 0 Å². The first-order valence-electron chi connectivity index (χ1n) is 12.4. The van der Waals surface area contributed by atoms with Gasteiger partial charge in [-0.05, 0) is 43.5 Å². The highest BCUT2D eigenvalue weighted by Gasteiger charge is 2.32. The van der Waals surface area contributed by atoms with Crippen molar-refractivity contribution in [2.24, 2.45) is 0 Å². The molecule has 35 heavy (non-hydrogen) atoms. The number of fused-ring (bicyclic) bond motifs is 1. The molecule has 0 saturated carbocycles. The van der Waals surface area contributed by atoms with Gasteiger partial charge < -0.3 is 10.6 Å². The average molecular weight is 465 g/mol. The van der Waals surface area contributed by atoms with Crippen molar-refractivity contribution in [3.05, 3.63) is 108 Å². The maximum atomic E-state index is 12.9. The molecule has 178 valence electrons.